The maximum atomic E-state index is 11.7. The van der Waals surface area contributed by atoms with E-state index in [-0.39, 0.29) is 5.78 Å². The van der Waals surface area contributed by atoms with Crippen LogP contribution in [0.25, 0.3) is 11.2 Å². The molecule has 0 saturated heterocycles. The number of hydrogen-bond donors (Lipinski definition) is 2. The minimum Gasteiger partial charge on any atom is -0.340 e. The zero-order chi connectivity index (χ0) is 10.8. The van der Waals surface area contributed by atoms with Crippen LogP contribution in [0, 0.1) is 6.92 Å². The van der Waals surface area contributed by atoms with E-state index >= 15 is 0 Å². The fourth-order valence-corrected chi connectivity index (χ4v) is 1.51. The van der Waals surface area contributed by atoms with E-state index in [9.17, 15) is 4.79 Å². The number of hydrogen-bond acceptors (Lipinski definition) is 4. The van der Waals surface area contributed by atoms with Gasteiger partial charge in [0, 0.05) is 11.8 Å². The summed E-state index contributed by atoms with van der Waals surface area (Å²) in [4.78, 5) is 23.0. The number of pyridine rings is 1. The number of Topliss-reactive ketones (excluding diaryl/α,β-unsaturated/α-hetero) is 1. The minimum atomic E-state index is 0.0357. The Bertz CT molecular complexity index is 503. The smallest absolute Gasteiger partial charge is 0.178 e. The standard InChI is InChI=1S/C10H12N4O/c1-6-13-9-7(8(15)5-11-2)3-4-12-10(9)14-6/h3-4,11H,5H2,1-2H3,(H,12,13,14). The number of aromatic nitrogens is 3. The molecule has 2 heterocycles. The van der Waals surface area contributed by atoms with Gasteiger partial charge in [0.25, 0.3) is 0 Å². The lowest BCUT2D eigenvalue weighted by molar-refractivity contribution is 0.0995. The van der Waals surface area contributed by atoms with Crippen molar-refractivity contribution in [3.05, 3.63) is 23.7 Å². The molecule has 2 aromatic rings. The third kappa shape index (κ3) is 1.73. The first kappa shape index (κ1) is 9.79. The molecule has 0 bridgehead atoms. The van der Waals surface area contributed by atoms with Crippen molar-refractivity contribution in [2.75, 3.05) is 13.6 Å². The molecule has 0 radical (unpaired) electrons. The summed E-state index contributed by atoms with van der Waals surface area (Å²) in [6.45, 7) is 2.16. The van der Waals surface area contributed by atoms with Crippen LogP contribution < -0.4 is 5.32 Å². The number of H-pyrrole nitrogens is 1. The summed E-state index contributed by atoms with van der Waals surface area (Å²) in [5.74, 6) is 0.802. The molecule has 15 heavy (non-hydrogen) atoms. The van der Waals surface area contributed by atoms with Crippen molar-refractivity contribution >= 4 is 16.9 Å². The van der Waals surface area contributed by atoms with Gasteiger partial charge in [-0.3, -0.25) is 4.79 Å². The zero-order valence-electron chi connectivity index (χ0n) is 8.66. The van der Waals surface area contributed by atoms with Gasteiger partial charge in [0.05, 0.1) is 12.1 Å². The second-order valence-electron chi connectivity index (χ2n) is 3.33. The molecule has 5 heteroatoms. The van der Waals surface area contributed by atoms with Gasteiger partial charge in [-0.2, -0.15) is 0 Å². The van der Waals surface area contributed by atoms with Gasteiger partial charge in [0.15, 0.2) is 11.4 Å². The van der Waals surface area contributed by atoms with Gasteiger partial charge < -0.3 is 10.3 Å². The van der Waals surface area contributed by atoms with Crippen molar-refractivity contribution < 1.29 is 4.79 Å². The summed E-state index contributed by atoms with van der Waals surface area (Å²) < 4.78 is 0. The highest BCUT2D eigenvalue weighted by atomic mass is 16.1. The normalized spacial score (nSPS) is 10.8. The summed E-state index contributed by atoms with van der Waals surface area (Å²) in [6.07, 6.45) is 1.60. The van der Waals surface area contributed by atoms with E-state index < -0.39 is 0 Å². The Morgan fingerprint density at radius 1 is 1.60 bits per heavy atom. The van der Waals surface area contributed by atoms with E-state index in [1.807, 2.05) is 6.92 Å². The molecule has 2 aromatic heterocycles. The van der Waals surface area contributed by atoms with E-state index in [4.69, 9.17) is 0 Å². The number of imidazole rings is 1. The van der Waals surface area contributed by atoms with Gasteiger partial charge >= 0.3 is 0 Å². The fraction of sp³-hybridized carbons (Fsp3) is 0.300. The van der Waals surface area contributed by atoms with E-state index in [1.165, 1.54) is 0 Å². The largest absolute Gasteiger partial charge is 0.340 e. The zero-order valence-corrected chi connectivity index (χ0v) is 8.66. The molecule has 0 fully saturated rings. The summed E-state index contributed by atoms with van der Waals surface area (Å²) in [6, 6.07) is 1.71. The van der Waals surface area contributed by atoms with E-state index in [0.717, 1.165) is 11.3 Å². The highest BCUT2D eigenvalue weighted by Gasteiger charge is 2.12. The van der Waals surface area contributed by atoms with Crippen LogP contribution in [0.4, 0.5) is 0 Å². The Morgan fingerprint density at radius 2 is 2.40 bits per heavy atom. The lowest BCUT2D eigenvalue weighted by atomic mass is 10.1. The first-order valence-electron chi connectivity index (χ1n) is 4.71. The third-order valence-corrected chi connectivity index (χ3v) is 2.15. The predicted molar refractivity (Wildman–Crippen MR) is 56.9 cm³/mol. The summed E-state index contributed by atoms with van der Waals surface area (Å²) in [7, 11) is 1.74. The molecule has 2 rings (SSSR count). The monoisotopic (exact) mass is 204 g/mol. The molecule has 78 valence electrons. The Balaban J connectivity index is 2.55. The quantitative estimate of drug-likeness (QED) is 0.721. The number of nitrogens with zero attached hydrogens (tertiary/aromatic N) is 2. The number of fused-ring (bicyclic) bond motifs is 1. The molecule has 0 spiro atoms. The second-order valence-corrected chi connectivity index (χ2v) is 3.33. The molecule has 0 aliphatic heterocycles. The lowest BCUT2D eigenvalue weighted by Crippen LogP contribution is -2.18. The second kappa shape index (κ2) is 3.78. The Morgan fingerprint density at radius 3 is 3.13 bits per heavy atom. The van der Waals surface area contributed by atoms with Crippen molar-refractivity contribution in [2.24, 2.45) is 0 Å². The lowest BCUT2D eigenvalue weighted by Gasteiger charge is -2.00. The van der Waals surface area contributed by atoms with Gasteiger partial charge in [0.2, 0.25) is 0 Å². The molecule has 2 N–H and O–H groups in total. The third-order valence-electron chi connectivity index (χ3n) is 2.15. The number of ketones is 1. The molecule has 0 aromatic carbocycles. The Hall–Kier alpha value is -1.75. The summed E-state index contributed by atoms with van der Waals surface area (Å²) in [5.41, 5.74) is 1.94. The number of carbonyl (C=O) groups excluding carboxylic acids is 1. The van der Waals surface area contributed by atoms with Crippen molar-refractivity contribution in [3.8, 4) is 0 Å². The number of rotatable bonds is 3. The van der Waals surface area contributed by atoms with Crippen molar-refractivity contribution in [1.29, 1.82) is 0 Å². The molecular formula is C10H12N4O. The van der Waals surface area contributed by atoms with E-state index in [2.05, 4.69) is 20.3 Å². The maximum absolute atomic E-state index is 11.7. The van der Waals surface area contributed by atoms with Crippen LogP contribution in [-0.2, 0) is 0 Å². The molecule has 0 atom stereocenters. The number of aryl methyl sites for hydroxylation is 1. The van der Waals surface area contributed by atoms with Gasteiger partial charge in [-0.05, 0) is 20.0 Å². The number of aromatic amines is 1. The highest BCUT2D eigenvalue weighted by molar-refractivity contribution is 6.06. The average molecular weight is 204 g/mol. The predicted octanol–water partition coefficient (Wildman–Crippen LogP) is 0.668. The van der Waals surface area contributed by atoms with E-state index in [1.54, 1.807) is 19.3 Å². The fourth-order valence-electron chi connectivity index (χ4n) is 1.51. The minimum absolute atomic E-state index is 0.0357. The summed E-state index contributed by atoms with van der Waals surface area (Å²) >= 11 is 0. The number of likely N-dealkylation sites (N-methyl/N-ethyl adjacent to an activating group) is 1. The topological polar surface area (TPSA) is 70.7 Å². The average Bonchev–Trinajstić information content (AvgIpc) is 2.57. The molecule has 0 aliphatic rings. The Labute approximate surface area is 86.9 Å². The van der Waals surface area contributed by atoms with Gasteiger partial charge in [-0.1, -0.05) is 0 Å². The number of carbonyl (C=O) groups is 1. The van der Waals surface area contributed by atoms with Crippen LogP contribution >= 0.6 is 0 Å². The van der Waals surface area contributed by atoms with Crippen LogP contribution in [0.5, 0.6) is 0 Å². The molecule has 0 amide bonds. The van der Waals surface area contributed by atoms with E-state index in [0.29, 0.717) is 17.8 Å². The highest BCUT2D eigenvalue weighted by Crippen LogP contribution is 2.14. The first-order valence-corrected chi connectivity index (χ1v) is 4.71. The van der Waals surface area contributed by atoms with Crippen LogP contribution in [0.2, 0.25) is 0 Å². The summed E-state index contributed by atoms with van der Waals surface area (Å²) in [5, 5.41) is 2.83. The molecule has 0 saturated carbocycles. The van der Waals surface area contributed by atoms with Gasteiger partial charge in [0.1, 0.15) is 5.82 Å². The van der Waals surface area contributed by atoms with Gasteiger partial charge in [-0.15, -0.1) is 0 Å². The SMILES string of the molecule is CNCC(=O)c1ccnc2nc(C)[nH]c12. The molecule has 0 unspecified atom stereocenters. The molecule has 0 aliphatic carbocycles. The van der Waals surface area contributed by atoms with Crippen LogP contribution in [0.3, 0.4) is 0 Å². The van der Waals surface area contributed by atoms with Gasteiger partial charge in [-0.25, -0.2) is 9.97 Å². The molecular weight excluding hydrogens is 192 g/mol. The van der Waals surface area contributed by atoms with Crippen molar-refractivity contribution in [2.45, 2.75) is 6.92 Å². The number of nitrogens with one attached hydrogen (secondary N) is 2. The van der Waals surface area contributed by atoms with Crippen molar-refractivity contribution in [3.63, 3.8) is 0 Å². The van der Waals surface area contributed by atoms with Crippen LogP contribution in [0.15, 0.2) is 12.3 Å². The van der Waals surface area contributed by atoms with Crippen molar-refractivity contribution in [1.82, 2.24) is 20.3 Å². The van der Waals surface area contributed by atoms with Crippen LogP contribution in [-0.4, -0.2) is 34.3 Å². The maximum Gasteiger partial charge on any atom is 0.178 e. The Kier molecular flexibility index (Phi) is 2.47. The first-order chi connectivity index (χ1) is 7.22. The van der Waals surface area contributed by atoms with Crippen LogP contribution in [0.1, 0.15) is 16.2 Å². The molecule has 5 nitrogen and oxygen atoms in total.